The average molecular weight is 401 g/mol. The molecule has 2 saturated carbocycles. The van der Waals surface area contributed by atoms with Crippen molar-refractivity contribution in [3.63, 3.8) is 0 Å². The number of hydrogen-bond donors (Lipinski definition) is 0. The molecule has 2 bridgehead atoms. The van der Waals surface area contributed by atoms with E-state index in [2.05, 4.69) is 33.2 Å². The maximum Gasteiger partial charge on any atom is 0.254 e. The van der Waals surface area contributed by atoms with E-state index in [1.165, 1.54) is 0 Å². The lowest BCUT2D eigenvalue weighted by Gasteiger charge is -2.18. The Balaban J connectivity index is 1.41. The highest BCUT2D eigenvalue weighted by Crippen LogP contribution is 2.73. The van der Waals surface area contributed by atoms with Crippen LogP contribution < -0.4 is 4.74 Å². The molecule has 5 rings (SSSR count). The number of benzene rings is 1. The molecule has 1 spiro atoms. The molecule has 1 aliphatic heterocycles. The molecule has 0 unspecified atom stereocenters. The molecule has 3 aliphatic carbocycles. The monoisotopic (exact) mass is 400 g/mol. The van der Waals surface area contributed by atoms with Crippen LogP contribution in [0.15, 0.2) is 39.9 Å². The van der Waals surface area contributed by atoms with Crippen LogP contribution in [0.2, 0.25) is 0 Å². The van der Waals surface area contributed by atoms with E-state index in [1.807, 2.05) is 18.2 Å². The van der Waals surface area contributed by atoms with Crippen molar-refractivity contribution in [1.29, 1.82) is 0 Å². The van der Waals surface area contributed by atoms with Crippen LogP contribution in [0.5, 0.6) is 5.75 Å². The van der Waals surface area contributed by atoms with E-state index in [-0.39, 0.29) is 40.9 Å². The van der Waals surface area contributed by atoms with E-state index in [0.717, 1.165) is 33.6 Å². The Morgan fingerprint density at radius 2 is 1.84 bits per heavy atom. The fourth-order valence-corrected chi connectivity index (χ4v) is 5.62. The highest BCUT2D eigenvalue weighted by Gasteiger charge is 2.73. The Hall–Kier alpha value is -1.95. The molecule has 0 aromatic heterocycles. The molecule has 128 valence electrons. The van der Waals surface area contributed by atoms with Gasteiger partial charge in [-0.2, -0.15) is 10.1 Å². The van der Waals surface area contributed by atoms with Crippen molar-refractivity contribution in [1.82, 2.24) is 5.01 Å². The first kappa shape index (κ1) is 15.3. The third-order valence-electron chi connectivity index (χ3n) is 6.33. The largest absolute Gasteiger partial charge is 0.496 e. The van der Waals surface area contributed by atoms with Gasteiger partial charge in [0.25, 0.3) is 11.8 Å². The molecule has 0 radical (unpaired) electrons. The highest BCUT2D eigenvalue weighted by molar-refractivity contribution is 9.10. The summed E-state index contributed by atoms with van der Waals surface area (Å²) >= 11 is 3.42. The van der Waals surface area contributed by atoms with Crippen LogP contribution in [-0.2, 0) is 9.59 Å². The van der Waals surface area contributed by atoms with Gasteiger partial charge >= 0.3 is 0 Å². The van der Waals surface area contributed by atoms with Crippen LogP contribution in [0.25, 0.3) is 0 Å². The van der Waals surface area contributed by atoms with Crippen molar-refractivity contribution in [3.05, 3.63) is 40.4 Å². The van der Waals surface area contributed by atoms with E-state index < -0.39 is 0 Å². The van der Waals surface area contributed by atoms with Gasteiger partial charge in [0, 0.05) is 0 Å². The van der Waals surface area contributed by atoms with Crippen LogP contribution in [0.1, 0.15) is 18.4 Å². The zero-order chi connectivity index (χ0) is 17.3. The Kier molecular flexibility index (Phi) is 3.08. The van der Waals surface area contributed by atoms with Gasteiger partial charge in [-0.1, -0.05) is 12.2 Å². The first-order valence-electron chi connectivity index (χ1n) is 8.50. The number of rotatable bonds is 3. The lowest BCUT2D eigenvalue weighted by Crippen LogP contribution is -2.30. The van der Waals surface area contributed by atoms with E-state index in [1.54, 1.807) is 13.3 Å². The van der Waals surface area contributed by atoms with Gasteiger partial charge in [0.05, 0.1) is 29.6 Å². The molecule has 3 fully saturated rings. The van der Waals surface area contributed by atoms with E-state index >= 15 is 0 Å². The van der Waals surface area contributed by atoms with Gasteiger partial charge in [-0.15, -0.1) is 0 Å². The number of carbonyl (C=O) groups is 2. The van der Waals surface area contributed by atoms with E-state index in [4.69, 9.17) is 4.74 Å². The Bertz CT molecular complexity index is 824. The number of amides is 2. The number of imide groups is 1. The van der Waals surface area contributed by atoms with Gasteiger partial charge in [-0.05, 0) is 69.8 Å². The van der Waals surface area contributed by atoms with Crippen molar-refractivity contribution in [2.24, 2.45) is 34.2 Å². The molecule has 1 aromatic carbocycles. The lowest BCUT2D eigenvalue weighted by atomic mass is 9.85. The summed E-state index contributed by atoms with van der Waals surface area (Å²) < 4.78 is 6.00. The summed E-state index contributed by atoms with van der Waals surface area (Å²) in [6.07, 6.45) is 8.18. The summed E-state index contributed by atoms with van der Waals surface area (Å²) in [7, 11) is 1.60. The molecule has 1 heterocycles. The minimum atomic E-state index is -0.204. The molecule has 6 heteroatoms. The molecular formula is C19H17BrN2O3. The smallest absolute Gasteiger partial charge is 0.254 e. The fourth-order valence-electron chi connectivity index (χ4n) is 5.06. The van der Waals surface area contributed by atoms with Gasteiger partial charge < -0.3 is 4.74 Å². The molecular weight excluding hydrogens is 384 g/mol. The van der Waals surface area contributed by atoms with E-state index in [9.17, 15) is 9.59 Å². The minimum Gasteiger partial charge on any atom is -0.496 e. The number of methoxy groups -OCH3 is 1. The summed E-state index contributed by atoms with van der Waals surface area (Å²) in [6.45, 7) is 0. The molecule has 4 atom stereocenters. The number of halogens is 1. The average Bonchev–Trinajstić information content (AvgIpc) is 3.20. The Labute approximate surface area is 153 Å². The quantitative estimate of drug-likeness (QED) is 0.445. The third kappa shape index (κ3) is 1.91. The van der Waals surface area contributed by atoms with Crippen molar-refractivity contribution in [3.8, 4) is 5.75 Å². The van der Waals surface area contributed by atoms with Crippen molar-refractivity contribution in [2.75, 3.05) is 7.11 Å². The lowest BCUT2D eigenvalue weighted by molar-refractivity contribution is -0.141. The van der Waals surface area contributed by atoms with Crippen LogP contribution in [-0.4, -0.2) is 30.1 Å². The van der Waals surface area contributed by atoms with Crippen LogP contribution >= 0.6 is 15.9 Å². The van der Waals surface area contributed by atoms with E-state index in [0.29, 0.717) is 0 Å². The first-order valence-corrected chi connectivity index (χ1v) is 9.30. The molecule has 25 heavy (non-hydrogen) atoms. The van der Waals surface area contributed by atoms with Crippen LogP contribution in [0, 0.1) is 29.1 Å². The van der Waals surface area contributed by atoms with Gasteiger partial charge in [0.1, 0.15) is 5.75 Å². The number of ether oxygens (including phenoxy) is 1. The maximum atomic E-state index is 12.8. The van der Waals surface area contributed by atoms with Crippen molar-refractivity contribution < 1.29 is 14.3 Å². The van der Waals surface area contributed by atoms with Gasteiger partial charge in [0.15, 0.2) is 0 Å². The summed E-state index contributed by atoms with van der Waals surface area (Å²) in [5.41, 5.74) is 1.02. The second kappa shape index (κ2) is 5.04. The van der Waals surface area contributed by atoms with Crippen LogP contribution in [0.4, 0.5) is 0 Å². The summed E-state index contributed by atoms with van der Waals surface area (Å²) in [5, 5.41) is 5.31. The topological polar surface area (TPSA) is 59.0 Å². The van der Waals surface area contributed by atoms with Crippen molar-refractivity contribution >= 4 is 34.0 Å². The number of fused-ring (bicyclic) bond motifs is 3. The Morgan fingerprint density at radius 1 is 1.20 bits per heavy atom. The van der Waals surface area contributed by atoms with Gasteiger partial charge in [-0.25, -0.2) is 0 Å². The fraction of sp³-hybridized carbons (Fsp3) is 0.421. The number of allylic oxidation sites excluding steroid dienone is 2. The van der Waals surface area contributed by atoms with Crippen LogP contribution in [0.3, 0.4) is 0 Å². The molecule has 1 saturated heterocycles. The summed E-state index contributed by atoms with van der Waals surface area (Å²) in [4.78, 5) is 25.6. The highest BCUT2D eigenvalue weighted by atomic mass is 79.9. The van der Waals surface area contributed by atoms with Gasteiger partial charge in [-0.3, -0.25) is 9.59 Å². The molecule has 0 N–H and O–H groups in total. The number of hydrogen-bond acceptors (Lipinski definition) is 4. The normalized spacial score (nSPS) is 33.8. The third-order valence-corrected chi connectivity index (χ3v) is 6.95. The second-order valence-electron chi connectivity index (χ2n) is 7.35. The zero-order valence-electron chi connectivity index (χ0n) is 13.7. The summed E-state index contributed by atoms with van der Waals surface area (Å²) in [6, 6.07) is 5.50. The minimum absolute atomic E-state index is 0.137. The Morgan fingerprint density at radius 3 is 2.36 bits per heavy atom. The molecule has 1 aromatic rings. The zero-order valence-corrected chi connectivity index (χ0v) is 15.3. The number of nitrogens with zero attached hydrogens (tertiary/aromatic N) is 2. The predicted molar refractivity (Wildman–Crippen MR) is 94.9 cm³/mol. The molecule has 5 nitrogen and oxygen atoms in total. The second-order valence-corrected chi connectivity index (χ2v) is 8.20. The SMILES string of the molecule is COc1ccc(/C=N\N2C(=O)[C@H]3[C@H](C2=O)[C@H]2C=C[C@H]3C23CC3)cc1Br. The molecule has 2 amide bonds. The predicted octanol–water partition coefficient (Wildman–Crippen LogP) is 2.99. The number of hydrazone groups is 1. The van der Waals surface area contributed by atoms with Gasteiger partial charge in [0.2, 0.25) is 0 Å². The molecule has 4 aliphatic rings. The first-order chi connectivity index (χ1) is 12.1. The standard InChI is InChI=1S/C19H17BrN2O3/c1-25-14-5-2-10(8-13(14)20)9-21-22-17(23)15-11-3-4-12(16(15)18(22)24)19(11)6-7-19/h2-5,8-9,11-12,15-16H,6-7H2,1H3/b21-9-/t11-,12-,15-,16-/m1/s1. The summed E-state index contributed by atoms with van der Waals surface area (Å²) in [5.74, 6) is 0.499. The van der Waals surface area contributed by atoms with Crippen molar-refractivity contribution in [2.45, 2.75) is 12.8 Å². The maximum absolute atomic E-state index is 12.8. The number of carbonyl (C=O) groups excluding carboxylic acids is 2.